The van der Waals surface area contributed by atoms with E-state index in [-0.39, 0.29) is 17.9 Å². The van der Waals surface area contributed by atoms with E-state index in [2.05, 4.69) is 32.6 Å². The van der Waals surface area contributed by atoms with E-state index in [0.29, 0.717) is 42.0 Å². The molecule has 0 spiro atoms. The summed E-state index contributed by atoms with van der Waals surface area (Å²) in [6.07, 6.45) is -4.43. The van der Waals surface area contributed by atoms with Crippen LogP contribution < -0.4 is 15.5 Å². The van der Waals surface area contributed by atoms with E-state index in [1.165, 1.54) is 12.1 Å². The van der Waals surface area contributed by atoms with Gasteiger partial charge in [0.2, 0.25) is 5.91 Å². The molecule has 234 valence electrons. The quantitative estimate of drug-likeness (QED) is 0.220. The van der Waals surface area contributed by atoms with Gasteiger partial charge in [0.05, 0.1) is 5.56 Å². The maximum atomic E-state index is 13.5. The number of piperazine rings is 1. The highest BCUT2D eigenvalue weighted by Crippen LogP contribution is 2.33. The van der Waals surface area contributed by atoms with E-state index in [9.17, 15) is 22.8 Å². The highest BCUT2D eigenvalue weighted by Gasteiger charge is 2.31. The topological polar surface area (TPSA) is 64.7 Å². The second-order valence-electron chi connectivity index (χ2n) is 11.3. The molecule has 1 unspecified atom stereocenters. The molecule has 0 aliphatic carbocycles. The van der Waals surface area contributed by atoms with Crippen LogP contribution in [0.15, 0.2) is 91.0 Å². The molecule has 1 atom stereocenters. The van der Waals surface area contributed by atoms with E-state index in [1.807, 2.05) is 51.1 Å². The Kier molecular flexibility index (Phi) is 9.58. The lowest BCUT2D eigenvalue weighted by molar-refractivity contribution is -0.137. The lowest BCUT2D eigenvalue weighted by Gasteiger charge is -2.40. The Hall–Kier alpha value is -4.63. The molecule has 5 rings (SSSR count). The Balaban J connectivity index is 1.30. The summed E-state index contributed by atoms with van der Waals surface area (Å²) in [5.41, 5.74) is 5.23. The average Bonchev–Trinajstić information content (AvgIpc) is 3.03. The van der Waals surface area contributed by atoms with Crippen molar-refractivity contribution in [2.75, 3.05) is 42.9 Å². The third kappa shape index (κ3) is 7.20. The first-order chi connectivity index (χ1) is 21.6. The smallest absolute Gasteiger partial charge is 0.369 e. The molecule has 1 aliphatic heterocycles. The third-order valence-corrected chi connectivity index (χ3v) is 8.21. The number of hydrogen-bond donors (Lipinski definition) is 2. The van der Waals surface area contributed by atoms with E-state index in [0.717, 1.165) is 47.6 Å². The van der Waals surface area contributed by atoms with Crippen molar-refractivity contribution in [3.8, 4) is 11.1 Å². The fourth-order valence-electron chi connectivity index (χ4n) is 5.95. The number of hydrogen-bond acceptors (Lipinski definition) is 4. The Bertz CT molecular complexity index is 1620. The van der Waals surface area contributed by atoms with Crippen LogP contribution in [0.2, 0.25) is 0 Å². The van der Waals surface area contributed by atoms with Gasteiger partial charge in [-0.15, -0.1) is 0 Å². The van der Waals surface area contributed by atoms with Gasteiger partial charge in [-0.3, -0.25) is 14.5 Å². The number of rotatable bonds is 8. The first kappa shape index (κ1) is 31.8. The largest absolute Gasteiger partial charge is 0.416 e. The predicted octanol–water partition coefficient (Wildman–Crippen LogP) is 7.24. The van der Waals surface area contributed by atoms with Gasteiger partial charge < -0.3 is 15.5 Å². The number of amides is 2. The standard InChI is InChI=1S/C36H37F3N4O2/c1-4-40-35(45)33(27-10-6-5-7-11-27)43-20-18-42(19-21-43)29-22-24(2)32(25(3)23-29)41-34(44)31-13-9-8-12-30(31)26-14-16-28(17-15-26)36(37,38)39/h5-17,22-23,33H,4,18-21H2,1-3H3,(H,40,45)(H,41,44). The summed E-state index contributed by atoms with van der Waals surface area (Å²) in [5, 5.41) is 6.03. The number of alkyl halides is 3. The molecule has 4 aromatic carbocycles. The van der Waals surface area contributed by atoms with Crippen LogP contribution >= 0.6 is 0 Å². The van der Waals surface area contributed by atoms with Crippen molar-refractivity contribution in [2.45, 2.75) is 33.0 Å². The van der Waals surface area contributed by atoms with Crippen LogP contribution in [0.1, 0.15) is 45.6 Å². The van der Waals surface area contributed by atoms with Crippen LogP contribution in [-0.2, 0) is 11.0 Å². The Labute approximate surface area is 261 Å². The van der Waals surface area contributed by atoms with Crippen molar-refractivity contribution in [2.24, 2.45) is 0 Å². The molecular formula is C36H37F3N4O2. The summed E-state index contributed by atoms with van der Waals surface area (Å²) in [6, 6.07) is 25.3. The van der Waals surface area contributed by atoms with Gasteiger partial charge in [0, 0.05) is 49.7 Å². The van der Waals surface area contributed by atoms with Gasteiger partial charge in [0.25, 0.3) is 5.91 Å². The number of nitrogens with one attached hydrogen (secondary N) is 2. The van der Waals surface area contributed by atoms with Crippen molar-refractivity contribution in [3.63, 3.8) is 0 Å². The first-order valence-corrected chi connectivity index (χ1v) is 15.1. The molecule has 45 heavy (non-hydrogen) atoms. The van der Waals surface area contributed by atoms with Crippen LogP contribution in [0.4, 0.5) is 24.5 Å². The van der Waals surface area contributed by atoms with Crippen LogP contribution in [0, 0.1) is 13.8 Å². The molecule has 9 heteroatoms. The summed E-state index contributed by atoms with van der Waals surface area (Å²) in [4.78, 5) is 31.0. The molecule has 1 fully saturated rings. The molecule has 0 saturated carbocycles. The van der Waals surface area contributed by atoms with E-state index >= 15 is 0 Å². The summed E-state index contributed by atoms with van der Waals surface area (Å²) in [6.45, 7) is 9.32. The van der Waals surface area contributed by atoms with Gasteiger partial charge in [-0.2, -0.15) is 13.2 Å². The van der Waals surface area contributed by atoms with Crippen molar-refractivity contribution in [3.05, 3.63) is 119 Å². The number of anilines is 2. The molecular weight excluding hydrogens is 577 g/mol. The highest BCUT2D eigenvalue weighted by atomic mass is 19.4. The normalized spacial score (nSPS) is 14.6. The monoisotopic (exact) mass is 614 g/mol. The lowest BCUT2D eigenvalue weighted by Crippen LogP contribution is -2.51. The van der Waals surface area contributed by atoms with Crippen LogP contribution in [-0.4, -0.2) is 49.4 Å². The van der Waals surface area contributed by atoms with Crippen molar-refractivity contribution < 1.29 is 22.8 Å². The van der Waals surface area contributed by atoms with Crippen LogP contribution in [0.25, 0.3) is 11.1 Å². The highest BCUT2D eigenvalue weighted by molar-refractivity contribution is 6.09. The number of benzene rings is 4. The molecule has 0 bridgehead atoms. The number of nitrogens with zero attached hydrogens (tertiary/aromatic N) is 2. The molecule has 2 amide bonds. The number of aryl methyl sites for hydroxylation is 2. The molecule has 0 radical (unpaired) electrons. The average molecular weight is 615 g/mol. The molecule has 4 aromatic rings. The van der Waals surface area contributed by atoms with Crippen LogP contribution in [0.3, 0.4) is 0 Å². The summed E-state index contributed by atoms with van der Waals surface area (Å²) in [7, 11) is 0. The fourth-order valence-corrected chi connectivity index (χ4v) is 5.95. The predicted molar refractivity (Wildman–Crippen MR) is 172 cm³/mol. The number of carbonyl (C=O) groups excluding carboxylic acids is 2. The van der Waals surface area contributed by atoms with Gasteiger partial charge in [-0.25, -0.2) is 0 Å². The Morgan fingerprint density at radius 2 is 1.42 bits per heavy atom. The maximum Gasteiger partial charge on any atom is 0.416 e. The molecule has 6 nitrogen and oxygen atoms in total. The summed E-state index contributed by atoms with van der Waals surface area (Å²) < 4.78 is 39.2. The minimum Gasteiger partial charge on any atom is -0.369 e. The van der Waals surface area contributed by atoms with E-state index in [1.54, 1.807) is 24.3 Å². The maximum absolute atomic E-state index is 13.5. The minimum atomic E-state index is -4.43. The zero-order chi connectivity index (χ0) is 32.1. The summed E-state index contributed by atoms with van der Waals surface area (Å²) >= 11 is 0. The second-order valence-corrected chi connectivity index (χ2v) is 11.3. The first-order valence-electron chi connectivity index (χ1n) is 15.1. The third-order valence-electron chi connectivity index (χ3n) is 8.21. The van der Waals surface area contributed by atoms with Gasteiger partial charge in [0.15, 0.2) is 0 Å². The molecule has 1 heterocycles. The lowest BCUT2D eigenvalue weighted by atomic mass is 9.97. The van der Waals surface area contributed by atoms with Crippen molar-refractivity contribution in [1.82, 2.24) is 10.2 Å². The molecule has 1 saturated heterocycles. The Morgan fingerprint density at radius 1 is 0.822 bits per heavy atom. The van der Waals surface area contributed by atoms with Crippen molar-refractivity contribution >= 4 is 23.2 Å². The summed E-state index contributed by atoms with van der Waals surface area (Å²) in [5.74, 6) is -0.334. The van der Waals surface area contributed by atoms with E-state index < -0.39 is 11.7 Å². The van der Waals surface area contributed by atoms with Gasteiger partial charge in [-0.1, -0.05) is 60.7 Å². The zero-order valence-corrected chi connectivity index (χ0v) is 25.6. The van der Waals surface area contributed by atoms with Gasteiger partial charge >= 0.3 is 6.18 Å². The molecule has 1 aliphatic rings. The van der Waals surface area contributed by atoms with Crippen LogP contribution in [0.5, 0.6) is 0 Å². The SMILES string of the molecule is CCNC(=O)C(c1ccccc1)N1CCN(c2cc(C)c(NC(=O)c3ccccc3-c3ccc(C(F)(F)F)cc3)c(C)c2)CC1. The minimum absolute atomic E-state index is 0.00355. The van der Waals surface area contributed by atoms with Crippen molar-refractivity contribution in [1.29, 1.82) is 0 Å². The molecule has 0 aromatic heterocycles. The van der Waals surface area contributed by atoms with Gasteiger partial charge in [-0.05, 0) is 78.9 Å². The van der Waals surface area contributed by atoms with Gasteiger partial charge in [0.1, 0.15) is 6.04 Å². The second kappa shape index (κ2) is 13.6. The van der Waals surface area contributed by atoms with E-state index in [4.69, 9.17) is 0 Å². The number of likely N-dealkylation sites (N-methyl/N-ethyl adjacent to an activating group) is 1. The number of halogens is 3. The number of carbonyl (C=O) groups is 2. The fraction of sp³-hybridized carbons (Fsp3) is 0.278. The molecule has 2 N–H and O–H groups in total. The zero-order valence-electron chi connectivity index (χ0n) is 25.6. The Morgan fingerprint density at radius 3 is 2.02 bits per heavy atom.